The molecule has 152 valence electrons. The van der Waals surface area contributed by atoms with E-state index >= 15 is 0 Å². The zero-order valence-corrected chi connectivity index (χ0v) is 16.4. The van der Waals surface area contributed by atoms with E-state index in [0.717, 1.165) is 37.6 Å². The summed E-state index contributed by atoms with van der Waals surface area (Å²) in [7, 11) is 0. The molecule has 4 heterocycles. The van der Waals surface area contributed by atoms with E-state index in [4.69, 9.17) is 4.42 Å². The third-order valence-electron chi connectivity index (χ3n) is 5.18. The van der Waals surface area contributed by atoms with Crippen LogP contribution < -0.4 is 10.2 Å². The Morgan fingerprint density at radius 2 is 1.93 bits per heavy atom. The summed E-state index contributed by atoms with van der Waals surface area (Å²) in [6, 6.07) is 8.14. The van der Waals surface area contributed by atoms with Crippen molar-refractivity contribution >= 4 is 34.1 Å². The van der Waals surface area contributed by atoms with E-state index in [2.05, 4.69) is 47.5 Å². The number of aromatic amines is 1. The SMILES string of the molecule is CC(=O)N1CCN(c2ccc(Nc3nc(-c4cocn4)nc4cn[nH]c34)cc2)CC1. The number of fused-ring (bicyclic) bond motifs is 1. The highest BCUT2D eigenvalue weighted by Gasteiger charge is 2.19. The normalized spacial score (nSPS) is 14.3. The van der Waals surface area contributed by atoms with Crippen LogP contribution in [-0.2, 0) is 4.79 Å². The number of anilines is 3. The molecule has 30 heavy (non-hydrogen) atoms. The monoisotopic (exact) mass is 404 g/mol. The summed E-state index contributed by atoms with van der Waals surface area (Å²) in [5, 5.41) is 10.3. The van der Waals surface area contributed by atoms with E-state index in [9.17, 15) is 4.79 Å². The molecule has 10 heteroatoms. The van der Waals surface area contributed by atoms with Gasteiger partial charge < -0.3 is 19.5 Å². The van der Waals surface area contributed by atoms with Crippen LogP contribution in [0.2, 0.25) is 0 Å². The minimum atomic E-state index is 0.133. The van der Waals surface area contributed by atoms with E-state index in [1.807, 2.05) is 17.0 Å². The summed E-state index contributed by atoms with van der Waals surface area (Å²) in [6.45, 7) is 4.77. The van der Waals surface area contributed by atoms with Gasteiger partial charge >= 0.3 is 0 Å². The highest BCUT2D eigenvalue weighted by molar-refractivity contribution is 5.88. The molecule has 4 aromatic rings. The lowest BCUT2D eigenvalue weighted by atomic mass is 10.2. The number of benzene rings is 1. The second kappa shape index (κ2) is 7.47. The van der Waals surface area contributed by atoms with Crippen LogP contribution in [-0.4, -0.2) is 62.1 Å². The number of carbonyl (C=O) groups excluding carboxylic acids is 1. The second-order valence-electron chi connectivity index (χ2n) is 7.06. The van der Waals surface area contributed by atoms with E-state index in [1.165, 1.54) is 12.7 Å². The lowest BCUT2D eigenvalue weighted by Gasteiger charge is -2.35. The Bertz CT molecular complexity index is 1160. The lowest BCUT2D eigenvalue weighted by Crippen LogP contribution is -2.48. The van der Waals surface area contributed by atoms with Crippen molar-refractivity contribution in [2.45, 2.75) is 6.92 Å². The number of aromatic nitrogens is 5. The molecule has 1 amide bonds. The highest BCUT2D eigenvalue weighted by atomic mass is 16.3. The van der Waals surface area contributed by atoms with Crippen molar-refractivity contribution in [2.24, 2.45) is 0 Å². The van der Waals surface area contributed by atoms with E-state index < -0.39 is 0 Å². The van der Waals surface area contributed by atoms with Gasteiger partial charge in [-0.15, -0.1) is 0 Å². The molecule has 10 nitrogen and oxygen atoms in total. The Labute approximate surface area is 171 Å². The first kappa shape index (κ1) is 18.1. The van der Waals surface area contributed by atoms with Crippen LogP contribution >= 0.6 is 0 Å². The zero-order chi connectivity index (χ0) is 20.5. The summed E-state index contributed by atoms with van der Waals surface area (Å²) in [5.41, 5.74) is 3.97. The van der Waals surface area contributed by atoms with Gasteiger partial charge in [0.25, 0.3) is 0 Å². The third-order valence-corrected chi connectivity index (χ3v) is 5.18. The Kier molecular flexibility index (Phi) is 4.51. The molecule has 1 aliphatic heterocycles. The average molecular weight is 404 g/mol. The third kappa shape index (κ3) is 3.43. The summed E-state index contributed by atoms with van der Waals surface area (Å²) < 4.78 is 5.05. The topological polar surface area (TPSA) is 116 Å². The van der Waals surface area contributed by atoms with Crippen molar-refractivity contribution in [3.05, 3.63) is 43.1 Å². The van der Waals surface area contributed by atoms with Crippen LogP contribution in [0.15, 0.2) is 47.5 Å². The molecule has 3 aromatic heterocycles. The molecular formula is C20H20N8O2. The molecule has 2 N–H and O–H groups in total. The smallest absolute Gasteiger partial charge is 0.219 e. The van der Waals surface area contributed by atoms with Crippen LogP contribution in [0.3, 0.4) is 0 Å². The van der Waals surface area contributed by atoms with E-state index in [0.29, 0.717) is 28.4 Å². The van der Waals surface area contributed by atoms with Gasteiger partial charge in [-0.25, -0.2) is 15.0 Å². The minimum Gasteiger partial charge on any atom is -0.451 e. The largest absolute Gasteiger partial charge is 0.451 e. The number of piperazine rings is 1. The van der Waals surface area contributed by atoms with Gasteiger partial charge in [-0.05, 0) is 24.3 Å². The number of hydrogen-bond acceptors (Lipinski definition) is 8. The maximum absolute atomic E-state index is 11.5. The predicted octanol–water partition coefficient (Wildman–Crippen LogP) is 2.42. The Balaban J connectivity index is 1.36. The predicted molar refractivity (Wildman–Crippen MR) is 111 cm³/mol. The van der Waals surface area contributed by atoms with Crippen molar-refractivity contribution in [2.75, 3.05) is 36.4 Å². The summed E-state index contributed by atoms with van der Waals surface area (Å²) in [4.78, 5) is 28.8. The average Bonchev–Trinajstić information content (AvgIpc) is 3.46. The van der Waals surface area contributed by atoms with Gasteiger partial charge in [-0.1, -0.05) is 0 Å². The highest BCUT2D eigenvalue weighted by Crippen LogP contribution is 2.26. The molecule has 0 radical (unpaired) electrons. The van der Waals surface area contributed by atoms with Gasteiger partial charge in [0.1, 0.15) is 23.0 Å². The molecule has 1 saturated heterocycles. The summed E-state index contributed by atoms with van der Waals surface area (Å²) in [5.74, 6) is 1.20. The van der Waals surface area contributed by atoms with Crippen molar-refractivity contribution in [1.29, 1.82) is 0 Å². The van der Waals surface area contributed by atoms with Crippen LogP contribution in [0.4, 0.5) is 17.2 Å². The molecule has 0 spiro atoms. The minimum absolute atomic E-state index is 0.133. The first-order chi connectivity index (χ1) is 14.7. The van der Waals surface area contributed by atoms with Crippen molar-refractivity contribution in [1.82, 2.24) is 30.0 Å². The second-order valence-corrected chi connectivity index (χ2v) is 7.06. The molecule has 0 aliphatic carbocycles. The zero-order valence-electron chi connectivity index (χ0n) is 16.4. The molecule has 0 saturated carbocycles. The van der Waals surface area contributed by atoms with E-state index in [1.54, 1.807) is 13.1 Å². The van der Waals surface area contributed by atoms with E-state index in [-0.39, 0.29) is 5.91 Å². The molecule has 1 fully saturated rings. The van der Waals surface area contributed by atoms with Crippen LogP contribution in [0.25, 0.3) is 22.6 Å². The standard InChI is InChI=1S/C20H20N8O2/c1-13(29)27-6-8-28(9-7-27)15-4-2-14(3-5-15)23-20-18-16(10-22-26-18)24-19(25-20)17-11-30-12-21-17/h2-5,10-12H,6-9H2,1H3,(H,22,26)(H,23,24,25). The number of nitrogens with zero attached hydrogens (tertiary/aromatic N) is 6. The van der Waals surface area contributed by atoms with Gasteiger partial charge in [0.15, 0.2) is 18.0 Å². The maximum Gasteiger partial charge on any atom is 0.219 e. The van der Waals surface area contributed by atoms with Crippen molar-refractivity contribution < 1.29 is 9.21 Å². The molecule has 0 bridgehead atoms. The lowest BCUT2D eigenvalue weighted by molar-refractivity contribution is -0.129. The van der Waals surface area contributed by atoms with Gasteiger partial charge in [-0.2, -0.15) is 5.10 Å². The number of nitrogens with one attached hydrogen (secondary N) is 2. The fourth-order valence-electron chi connectivity index (χ4n) is 3.54. The Morgan fingerprint density at radius 3 is 2.63 bits per heavy atom. The Hall–Kier alpha value is -3.95. The Morgan fingerprint density at radius 1 is 1.13 bits per heavy atom. The van der Waals surface area contributed by atoms with Crippen molar-refractivity contribution in [3.8, 4) is 11.5 Å². The first-order valence-electron chi connectivity index (χ1n) is 9.64. The number of hydrogen-bond donors (Lipinski definition) is 2. The fraction of sp³-hybridized carbons (Fsp3) is 0.250. The summed E-state index contributed by atoms with van der Waals surface area (Å²) in [6.07, 6.45) is 4.50. The number of oxazole rings is 1. The fourth-order valence-corrected chi connectivity index (χ4v) is 3.54. The summed E-state index contributed by atoms with van der Waals surface area (Å²) >= 11 is 0. The molecule has 5 rings (SSSR count). The number of H-pyrrole nitrogens is 1. The number of amides is 1. The van der Waals surface area contributed by atoms with Gasteiger partial charge in [0.05, 0.1) is 6.20 Å². The molecule has 1 aromatic carbocycles. The van der Waals surface area contributed by atoms with Crippen molar-refractivity contribution in [3.63, 3.8) is 0 Å². The number of carbonyl (C=O) groups is 1. The molecule has 0 unspecified atom stereocenters. The van der Waals surface area contributed by atoms with Gasteiger partial charge in [0.2, 0.25) is 5.91 Å². The van der Waals surface area contributed by atoms with Crippen LogP contribution in [0, 0.1) is 0 Å². The molecular weight excluding hydrogens is 384 g/mol. The van der Waals surface area contributed by atoms with Gasteiger partial charge in [-0.3, -0.25) is 9.89 Å². The first-order valence-corrected chi connectivity index (χ1v) is 9.64. The quantitative estimate of drug-likeness (QED) is 0.533. The maximum atomic E-state index is 11.5. The molecule has 1 aliphatic rings. The number of rotatable bonds is 4. The van der Waals surface area contributed by atoms with Gasteiger partial charge in [0, 0.05) is 44.5 Å². The van der Waals surface area contributed by atoms with Crippen LogP contribution in [0.1, 0.15) is 6.92 Å². The van der Waals surface area contributed by atoms with Crippen LogP contribution in [0.5, 0.6) is 0 Å². The molecule has 0 atom stereocenters.